The minimum atomic E-state index is 0.885. The fourth-order valence-electron chi connectivity index (χ4n) is 1.22. The van der Waals surface area contributed by atoms with Gasteiger partial charge in [0.25, 0.3) is 0 Å². The maximum Gasteiger partial charge on any atom is 0.104 e. The summed E-state index contributed by atoms with van der Waals surface area (Å²) >= 11 is 0. The Bertz CT molecular complexity index is 183. The van der Waals surface area contributed by atoms with E-state index >= 15 is 0 Å². The normalized spacial score (nSPS) is 23.2. The van der Waals surface area contributed by atoms with Gasteiger partial charge in [-0.25, -0.2) is 0 Å². The Kier molecular flexibility index (Phi) is 1.36. The molecule has 10 heavy (non-hydrogen) atoms. The summed E-state index contributed by atoms with van der Waals surface area (Å²) in [6.07, 6.45) is 6.34. The molecule has 0 unspecified atom stereocenters. The number of hydrogen-bond donors (Lipinski definition) is 2. The van der Waals surface area contributed by atoms with E-state index in [1.807, 2.05) is 0 Å². The van der Waals surface area contributed by atoms with Crippen LogP contribution in [0.1, 0.15) is 0 Å². The molecule has 2 aliphatic heterocycles. The Morgan fingerprint density at radius 3 is 3.40 bits per heavy atom. The minimum absolute atomic E-state index is 0.885. The van der Waals surface area contributed by atoms with Gasteiger partial charge >= 0.3 is 0 Å². The second-order valence-corrected chi connectivity index (χ2v) is 2.46. The predicted molar refractivity (Wildman–Crippen MR) is 39.9 cm³/mol. The number of rotatable bonds is 0. The van der Waals surface area contributed by atoms with Gasteiger partial charge in [0, 0.05) is 6.54 Å². The van der Waals surface area contributed by atoms with Crippen molar-refractivity contribution in [3.8, 4) is 0 Å². The van der Waals surface area contributed by atoms with E-state index in [4.69, 9.17) is 0 Å². The van der Waals surface area contributed by atoms with Crippen LogP contribution in [0, 0.1) is 0 Å². The molecular weight excluding hydrogens is 126 g/mol. The van der Waals surface area contributed by atoms with E-state index < -0.39 is 0 Å². The monoisotopic (exact) mass is 137 g/mol. The molecule has 0 aromatic rings. The van der Waals surface area contributed by atoms with E-state index in [0.29, 0.717) is 0 Å². The Hall–Kier alpha value is -0.960. The zero-order valence-electron chi connectivity index (χ0n) is 5.80. The van der Waals surface area contributed by atoms with Gasteiger partial charge in [0.15, 0.2) is 0 Å². The standard InChI is InChI=1S/C7H11N3/c1-2-4-10-6-8-5-9-7(10)3-1/h1-3,8-9H,4-6H2. The molecule has 2 N–H and O–H groups in total. The van der Waals surface area contributed by atoms with Gasteiger partial charge in [-0.1, -0.05) is 12.2 Å². The molecule has 0 aromatic carbocycles. The molecule has 0 amide bonds. The van der Waals surface area contributed by atoms with E-state index in [9.17, 15) is 0 Å². The van der Waals surface area contributed by atoms with Crippen LogP contribution >= 0.6 is 0 Å². The first-order chi connectivity index (χ1) is 4.97. The van der Waals surface area contributed by atoms with Gasteiger partial charge in [-0.05, 0) is 6.08 Å². The van der Waals surface area contributed by atoms with Gasteiger partial charge in [0.1, 0.15) is 5.82 Å². The average Bonchev–Trinajstić information content (AvgIpc) is 2.05. The largest absolute Gasteiger partial charge is 0.359 e. The highest BCUT2D eigenvalue weighted by atomic mass is 15.4. The summed E-state index contributed by atoms with van der Waals surface area (Å²) in [4.78, 5) is 2.25. The zero-order valence-corrected chi connectivity index (χ0v) is 5.80. The number of nitrogens with zero attached hydrogens (tertiary/aromatic N) is 1. The summed E-state index contributed by atoms with van der Waals surface area (Å²) in [5.41, 5.74) is 0. The maximum absolute atomic E-state index is 3.25. The van der Waals surface area contributed by atoms with Crippen LogP contribution in [0.3, 0.4) is 0 Å². The molecule has 0 aliphatic carbocycles. The van der Waals surface area contributed by atoms with Crippen molar-refractivity contribution in [3.05, 3.63) is 24.0 Å². The van der Waals surface area contributed by atoms with Gasteiger partial charge in [0.2, 0.25) is 0 Å². The Morgan fingerprint density at radius 1 is 1.50 bits per heavy atom. The third-order valence-electron chi connectivity index (χ3n) is 1.75. The molecule has 2 heterocycles. The summed E-state index contributed by atoms with van der Waals surface area (Å²) in [5, 5.41) is 6.47. The van der Waals surface area contributed by atoms with Crippen LogP contribution in [0.2, 0.25) is 0 Å². The summed E-state index contributed by atoms with van der Waals surface area (Å²) in [5.74, 6) is 1.24. The fraction of sp³-hybridized carbons (Fsp3) is 0.429. The summed E-state index contributed by atoms with van der Waals surface area (Å²) in [7, 11) is 0. The molecular formula is C7H11N3. The van der Waals surface area contributed by atoms with Crippen molar-refractivity contribution in [2.24, 2.45) is 0 Å². The Labute approximate surface area is 60.4 Å². The molecule has 3 nitrogen and oxygen atoms in total. The van der Waals surface area contributed by atoms with Crippen molar-refractivity contribution >= 4 is 0 Å². The number of fused-ring (bicyclic) bond motifs is 1. The first-order valence-corrected chi connectivity index (χ1v) is 3.53. The van der Waals surface area contributed by atoms with Gasteiger partial charge in [-0.3, -0.25) is 5.32 Å². The lowest BCUT2D eigenvalue weighted by molar-refractivity contribution is 0.273. The Morgan fingerprint density at radius 2 is 2.50 bits per heavy atom. The molecule has 1 saturated heterocycles. The highest BCUT2D eigenvalue weighted by Gasteiger charge is 2.12. The summed E-state index contributed by atoms with van der Waals surface area (Å²) in [6, 6.07) is 0. The van der Waals surface area contributed by atoms with Crippen molar-refractivity contribution in [1.82, 2.24) is 15.5 Å². The first-order valence-electron chi connectivity index (χ1n) is 3.53. The smallest absolute Gasteiger partial charge is 0.104 e. The van der Waals surface area contributed by atoms with E-state index in [-0.39, 0.29) is 0 Å². The minimum Gasteiger partial charge on any atom is -0.359 e. The lowest BCUT2D eigenvalue weighted by Crippen LogP contribution is -2.49. The van der Waals surface area contributed by atoms with Crippen LogP contribution in [-0.4, -0.2) is 24.8 Å². The van der Waals surface area contributed by atoms with Gasteiger partial charge in [-0.15, -0.1) is 0 Å². The van der Waals surface area contributed by atoms with E-state index in [1.54, 1.807) is 0 Å². The third-order valence-corrected chi connectivity index (χ3v) is 1.75. The molecule has 0 bridgehead atoms. The lowest BCUT2D eigenvalue weighted by atomic mass is 10.3. The van der Waals surface area contributed by atoms with E-state index in [1.165, 1.54) is 5.82 Å². The first kappa shape index (κ1) is 5.80. The predicted octanol–water partition coefficient (Wildman–Crippen LogP) is -0.193. The molecule has 0 saturated carbocycles. The summed E-state index contributed by atoms with van der Waals surface area (Å²) < 4.78 is 0. The SMILES string of the molecule is C1=CCN2CNCNC2=C1. The van der Waals surface area contributed by atoms with E-state index in [0.717, 1.165) is 19.9 Å². The molecule has 0 spiro atoms. The molecule has 1 fully saturated rings. The Balaban J connectivity index is 2.14. The van der Waals surface area contributed by atoms with Crippen LogP contribution in [0.4, 0.5) is 0 Å². The average molecular weight is 137 g/mol. The van der Waals surface area contributed by atoms with Crippen LogP contribution in [0.25, 0.3) is 0 Å². The van der Waals surface area contributed by atoms with Crippen LogP contribution < -0.4 is 10.6 Å². The van der Waals surface area contributed by atoms with Crippen LogP contribution in [0.15, 0.2) is 24.0 Å². The second kappa shape index (κ2) is 2.34. The van der Waals surface area contributed by atoms with Crippen molar-refractivity contribution in [1.29, 1.82) is 0 Å². The number of hydrogen-bond acceptors (Lipinski definition) is 3. The fourth-order valence-corrected chi connectivity index (χ4v) is 1.22. The van der Waals surface area contributed by atoms with Crippen molar-refractivity contribution in [2.75, 3.05) is 19.9 Å². The summed E-state index contributed by atoms with van der Waals surface area (Å²) in [6.45, 7) is 2.87. The molecule has 2 aliphatic rings. The third kappa shape index (κ3) is 0.885. The lowest BCUT2D eigenvalue weighted by Gasteiger charge is -2.33. The highest BCUT2D eigenvalue weighted by Crippen LogP contribution is 2.06. The maximum atomic E-state index is 3.25. The van der Waals surface area contributed by atoms with Gasteiger partial charge in [-0.2, -0.15) is 0 Å². The van der Waals surface area contributed by atoms with Gasteiger partial charge in [0.05, 0.1) is 13.3 Å². The molecule has 0 aromatic heterocycles. The number of allylic oxidation sites excluding steroid dienone is 2. The number of nitrogens with one attached hydrogen (secondary N) is 2. The van der Waals surface area contributed by atoms with Gasteiger partial charge < -0.3 is 10.2 Å². The quantitative estimate of drug-likeness (QED) is 0.484. The molecule has 3 heteroatoms. The second-order valence-electron chi connectivity index (χ2n) is 2.46. The molecule has 54 valence electrons. The highest BCUT2D eigenvalue weighted by molar-refractivity contribution is 5.17. The molecule has 2 rings (SSSR count). The van der Waals surface area contributed by atoms with Crippen molar-refractivity contribution in [2.45, 2.75) is 0 Å². The topological polar surface area (TPSA) is 27.3 Å². The van der Waals surface area contributed by atoms with Crippen molar-refractivity contribution in [3.63, 3.8) is 0 Å². The molecule has 0 radical (unpaired) electrons. The van der Waals surface area contributed by atoms with Crippen LogP contribution in [-0.2, 0) is 0 Å². The van der Waals surface area contributed by atoms with Crippen LogP contribution in [0.5, 0.6) is 0 Å². The van der Waals surface area contributed by atoms with Crippen molar-refractivity contribution < 1.29 is 0 Å². The van der Waals surface area contributed by atoms with E-state index in [2.05, 4.69) is 33.8 Å². The molecule has 0 atom stereocenters. The zero-order chi connectivity index (χ0) is 6.81.